The molecule has 0 heterocycles. The molecule has 0 aliphatic heterocycles. The molecule has 5 nitrogen and oxygen atoms in total. The van der Waals surface area contributed by atoms with Crippen LogP contribution in [0.25, 0.3) is 0 Å². The van der Waals surface area contributed by atoms with E-state index >= 15 is 0 Å². The fourth-order valence-electron chi connectivity index (χ4n) is 0.879. The predicted molar refractivity (Wildman–Crippen MR) is 36.6 cm³/mol. The van der Waals surface area contributed by atoms with Gasteiger partial charge in [-0.15, -0.1) is 0 Å². The maximum Gasteiger partial charge on any atom is 0.297 e. The van der Waals surface area contributed by atoms with Crippen LogP contribution in [-0.4, -0.2) is 27.3 Å². The second-order valence-corrected chi connectivity index (χ2v) is 2.20. The normalized spacial score (nSPS) is 29.7. The summed E-state index contributed by atoms with van der Waals surface area (Å²) in [5, 5.41) is 28.1. The van der Waals surface area contributed by atoms with Crippen molar-refractivity contribution in [3.8, 4) is 0 Å². The van der Waals surface area contributed by atoms with Gasteiger partial charge in [-0.3, -0.25) is 10.1 Å². The molecule has 0 saturated heterocycles. The topological polar surface area (TPSA) is 83.6 Å². The van der Waals surface area contributed by atoms with Gasteiger partial charge in [-0.1, -0.05) is 6.08 Å². The number of nitro groups is 1. The van der Waals surface area contributed by atoms with Crippen LogP contribution in [0.2, 0.25) is 0 Å². The number of hydrogen-bond acceptors (Lipinski definition) is 4. The zero-order valence-corrected chi connectivity index (χ0v) is 5.54. The molecule has 5 heteroatoms. The lowest BCUT2D eigenvalue weighted by molar-refractivity contribution is -0.525. The average molecular weight is 157 g/mol. The summed E-state index contributed by atoms with van der Waals surface area (Å²) < 4.78 is 0. The largest absolute Gasteiger partial charge is 0.506 e. The summed E-state index contributed by atoms with van der Waals surface area (Å²) in [5.74, 6) is -0.412. The fraction of sp³-hybridized carbons (Fsp3) is 0.333. The van der Waals surface area contributed by atoms with E-state index in [-0.39, 0.29) is 0 Å². The maximum atomic E-state index is 10.2. The molecule has 0 radical (unpaired) electrons. The van der Waals surface area contributed by atoms with Crippen molar-refractivity contribution in [2.24, 2.45) is 0 Å². The SMILES string of the molecule is O=[N+]([O-])C1C(O)=CC=CC1O. The minimum atomic E-state index is -1.40. The summed E-state index contributed by atoms with van der Waals surface area (Å²) in [6.45, 7) is 0. The fourth-order valence-corrected chi connectivity index (χ4v) is 0.879. The van der Waals surface area contributed by atoms with Crippen LogP contribution in [0, 0.1) is 10.1 Å². The van der Waals surface area contributed by atoms with Gasteiger partial charge >= 0.3 is 0 Å². The Morgan fingerprint density at radius 3 is 2.64 bits per heavy atom. The highest BCUT2D eigenvalue weighted by atomic mass is 16.6. The van der Waals surface area contributed by atoms with Gasteiger partial charge in [-0.25, -0.2) is 0 Å². The molecule has 2 N–H and O–H groups in total. The number of rotatable bonds is 1. The van der Waals surface area contributed by atoms with E-state index in [0.29, 0.717) is 0 Å². The number of aliphatic hydroxyl groups is 2. The Bertz CT molecular complexity index is 233. The first-order valence-corrected chi connectivity index (χ1v) is 3.02. The molecule has 2 unspecified atom stereocenters. The van der Waals surface area contributed by atoms with Crippen molar-refractivity contribution >= 4 is 0 Å². The van der Waals surface area contributed by atoms with Crippen molar-refractivity contribution in [3.63, 3.8) is 0 Å². The first-order chi connectivity index (χ1) is 5.13. The van der Waals surface area contributed by atoms with Gasteiger partial charge in [-0.2, -0.15) is 0 Å². The van der Waals surface area contributed by atoms with E-state index in [4.69, 9.17) is 10.2 Å². The Labute approximate surface area is 62.4 Å². The quantitative estimate of drug-likeness (QED) is 0.414. The van der Waals surface area contributed by atoms with E-state index in [1.807, 2.05) is 0 Å². The van der Waals surface area contributed by atoms with Crippen molar-refractivity contribution < 1.29 is 15.1 Å². The Balaban J connectivity index is 2.86. The molecule has 0 aromatic carbocycles. The van der Waals surface area contributed by atoms with Gasteiger partial charge in [0.15, 0.2) is 5.76 Å². The summed E-state index contributed by atoms with van der Waals surface area (Å²) in [6.07, 6.45) is 2.60. The molecule has 0 aromatic heterocycles. The highest BCUT2D eigenvalue weighted by Gasteiger charge is 2.33. The molecular weight excluding hydrogens is 150 g/mol. The Kier molecular flexibility index (Phi) is 1.91. The van der Waals surface area contributed by atoms with Crippen molar-refractivity contribution in [1.29, 1.82) is 0 Å². The number of hydrogen-bond donors (Lipinski definition) is 2. The van der Waals surface area contributed by atoms with Crippen molar-refractivity contribution in [3.05, 3.63) is 34.1 Å². The third-order valence-corrected chi connectivity index (χ3v) is 1.43. The van der Waals surface area contributed by atoms with Crippen LogP contribution in [0.5, 0.6) is 0 Å². The Hall–Kier alpha value is -1.36. The molecular formula is C6H7NO4. The van der Waals surface area contributed by atoms with E-state index in [9.17, 15) is 10.1 Å². The van der Waals surface area contributed by atoms with Gasteiger partial charge in [0.05, 0.1) is 0 Å². The number of aliphatic hydroxyl groups excluding tert-OH is 2. The third-order valence-electron chi connectivity index (χ3n) is 1.43. The molecule has 0 bridgehead atoms. The molecule has 0 spiro atoms. The van der Waals surface area contributed by atoms with Crippen LogP contribution in [0.4, 0.5) is 0 Å². The summed E-state index contributed by atoms with van der Waals surface area (Å²) >= 11 is 0. The first-order valence-electron chi connectivity index (χ1n) is 3.02. The standard InChI is InChI=1S/C6H7NO4/c8-4-2-1-3-5(9)6(4)7(10)11/h1-4,6,8-9H. The molecule has 0 amide bonds. The predicted octanol–water partition coefficient (Wildman–Crippen LogP) is 0.00430. The highest BCUT2D eigenvalue weighted by Crippen LogP contribution is 2.13. The van der Waals surface area contributed by atoms with Gasteiger partial charge in [-0.05, 0) is 12.2 Å². The lowest BCUT2D eigenvalue weighted by atomic mass is 10.1. The smallest absolute Gasteiger partial charge is 0.297 e. The van der Waals surface area contributed by atoms with Gasteiger partial charge in [0.1, 0.15) is 6.10 Å². The summed E-state index contributed by atoms with van der Waals surface area (Å²) in [5.41, 5.74) is 0. The van der Waals surface area contributed by atoms with Crippen molar-refractivity contribution in [1.82, 2.24) is 0 Å². The number of allylic oxidation sites excluding steroid dienone is 2. The zero-order chi connectivity index (χ0) is 8.43. The minimum Gasteiger partial charge on any atom is -0.506 e. The number of nitrogens with zero attached hydrogens (tertiary/aromatic N) is 1. The molecule has 11 heavy (non-hydrogen) atoms. The average Bonchev–Trinajstić information content (AvgIpc) is 1.85. The third kappa shape index (κ3) is 1.38. The molecule has 0 aromatic rings. The van der Waals surface area contributed by atoms with Crippen molar-refractivity contribution in [2.45, 2.75) is 12.1 Å². The van der Waals surface area contributed by atoms with Gasteiger partial charge in [0, 0.05) is 4.92 Å². The van der Waals surface area contributed by atoms with E-state index in [2.05, 4.69) is 0 Å². The van der Waals surface area contributed by atoms with E-state index in [1.54, 1.807) is 0 Å². The molecule has 0 fully saturated rings. The maximum absolute atomic E-state index is 10.2. The molecule has 1 aliphatic carbocycles. The Morgan fingerprint density at radius 1 is 1.64 bits per heavy atom. The second kappa shape index (κ2) is 2.71. The second-order valence-electron chi connectivity index (χ2n) is 2.20. The molecule has 1 aliphatic rings. The van der Waals surface area contributed by atoms with E-state index in [0.717, 1.165) is 0 Å². The summed E-state index contributed by atoms with van der Waals surface area (Å²) in [6, 6.07) is -1.40. The molecule has 1 rings (SSSR count). The lowest BCUT2D eigenvalue weighted by Crippen LogP contribution is -2.35. The van der Waals surface area contributed by atoms with Crippen LogP contribution < -0.4 is 0 Å². The Morgan fingerprint density at radius 2 is 2.27 bits per heavy atom. The molecule has 2 atom stereocenters. The highest BCUT2D eigenvalue weighted by molar-refractivity contribution is 5.20. The van der Waals surface area contributed by atoms with Crippen molar-refractivity contribution in [2.75, 3.05) is 0 Å². The van der Waals surface area contributed by atoms with Gasteiger partial charge in [0.25, 0.3) is 6.04 Å². The molecule has 0 saturated carbocycles. The summed E-state index contributed by atoms with van der Waals surface area (Å²) in [7, 11) is 0. The van der Waals surface area contributed by atoms with Crippen LogP contribution in [-0.2, 0) is 0 Å². The van der Waals surface area contributed by atoms with E-state index < -0.39 is 22.8 Å². The minimum absolute atomic E-state index is 0.412. The summed E-state index contributed by atoms with van der Waals surface area (Å²) in [4.78, 5) is 9.46. The van der Waals surface area contributed by atoms with Crippen LogP contribution in [0.15, 0.2) is 24.0 Å². The van der Waals surface area contributed by atoms with Crippen LogP contribution >= 0.6 is 0 Å². The van der Waals surface area contributed by atoms with Gasteiger partial charge in [0.2, 0.25) is 0 Å². The van der Waals surface area contributed by atoms with Crippen LogP contribution in [0.1, 0.15) is 0 Å². The van der Waals surface area contributed by atoms with Gasteiger partial charge < -0.3 is 10.2 Å². The van der Waals surface area contributed by atoms with Crippen LogP contribution in [0.3, 0.4) is 0 Å². The monoisotopic (exact) mass is 157 g/mol. The first kappa shape index (κ1) is 7.74. The lowest BCUT2D eigenvalue weighted by Gasteiger charge is -2.14. The molecule has 60 valence electrons. The zero-order valence-electron chi connectivity index (χ0n) is 5.54. The van der Waals surface area contributed by atoms with E-state index in [1.165, 1.54) is 18.2 Å².